The molecule has 0 saturated carbocycles. The molecule has 0 amide bonds. The zero-order valence-electron chi connectivity index (χ0n) is 18.4. The highest BCUT2D eigenvalue weighted by Gasteiger charge is 2.35. The van der Waals surface area contributed by atoms with Crippen LogP contribution in [0.1, 0.15) is 36.2 Å². The first kappa shape index (κ1) is 21.9. The third-order valence-corrected chi connectivity index (χ3v) is 4.92. The summed E-state index contributed by atoms with van der Waals surface area (Å²) in [6.45, 7) is 7.67. The molecular weight excluding hydrogens is 386 g/mol. The summed E-state index contributed by atoms with van der Waals surface area (Å²) in [4.78, 5) is 24.6. The first-order valence-corrected chi connectivity index (χ1v) is 10.1. The van der Waals surface area contributed by atoms with Crippen molar-refractivity contribution in [2.45, 2.75) is 20.3 Å². The van der Waals surface area contributed by atoms with E-state index < -0.39 is 0 Å². The van der Waals surface area contributed by atoms with Crippen LogP contribution < -0.4 is 5.32 Å². The lowest BCUT2D eigenvalue weighted by atomic mass is 9.83. The van der Waals surface area contributed by atoms with Crippen LogP contribution in [-0.2, 0) is 0 Å². The summed E-state index contributed by atoms with van der Waals surface area (Å²) in [5, 5.41) is 11.4. The summed E-state index contributed by atoms with van der Waals surface area (Å²) in [6, 6.07) is 7.40. The molecule has 0 radical (unpaired) electrons. The quantitative estimate of drug-likeness (QED) is 0.513. The predicted molar refractivity (Wildman–Crippen MR) is 128 cm³/mol. The number of ketones is 1. The molecule has 1 aromatic rings. The van der Waals surface area contributed by atoms with Gasteiger partial charge in [-0.25, -0.2) is 9.98 Å². The monoisotopic (exact) mass is 413 g/mol. The number of carbonyl (C=O) groups is 1. The maximum Gasteiger partial charge on any atom is 0.226 e. The number of fused-ring (bicyclic) bond motifs is 3. The van der Waals surface area contributed by atoms with Crippen LogP contribution in [0.5, 0.6) is 0 Å². The van der Waals surface area contributed by atoms with E-state index in [0.29, 0.717) is 39.8 Å². The second-order valence-corrected chi connectivity index (χ2v) is 7.34. The van der Waals surface area contributed by atoms with E-state index in [9.17, 15) is 4.79 Å². The number of aliphatic imine (C=N–C) groups is 2. The van der Waals surface area contributed by atoms with Crippen LogP contribution in [0, 0.1) is 5.41 Å². The van der Waals surface area contributed by atoms with E-state index in [1.54, 1.807) is 12.1 Å². The Morgan fingerprint density at radius 2 is 1.94 bits per heavy atom. The van der Waals surface area contributed by atoms with E-state index in [1.807, 2.05) is 62.3 Å². The number of nitrogens with one attached hydrogen (secondary N) is 2. The van der Waals surface area contributed by atoms with Gasteiger partial charge < -0.3 is 15.6 Å². The van der Waals surface area contributed by atoms with Gasteiger partial charge in [0.05, 0.1) is 5.57 Å². The molecule has 0 spiro atoms. The second kappa shape index (κ2) is 9.34. The summed E-state index contributed by atoms with van der Waals surface area (Å²) in [5.74, 6) is 0.367. The highest BCUT2D eigenvalue weighted by molar-refractivity contribution is 6.34. The van der Waals surface area contributed by atoms with E-state index in [1.165, 1.54) is 6.21 Å². The lowest BCUT2D eigenvalue weighted by Crippen LogP contribution is -2.24. The number of nitrogens with zero attached hydrogens (tertiary/aromatic N) is 3. The molecule has 0 atom stereocenters. The van der Waals surface area contributed by atoms with Gasteiger partial charge in [-0.2, -0.15) is 0 Å². The van der Waals surface area contributed by atoms with Crippen LogP contribution in [0.25, 0.3) is 0 Å². The SMILES string of the molecule is C=C/C=C(\C=C/CC)N/C(C)=C(\C=N)C1=C2N=C(N(C)C)N=C2c2ccccc2C1=O. The zero-order chi connectivity index (χ0) is 22.5. The van der Waals surface area contributed by atoms with Gasteiger partial charge >= 0.3 is 0 Å². The van der Waals surface area contributed by atoms with Gasteiger partial charge in [0.15, 0.2) is 5.78 Å². The van der Waals surface area contributed by atoms with Crippen molar-refractivity contribution >= 4 is 23.7 Å². The van der Waals surface area contributed by atoms with Crippen LogP contribution in [0.15, 0.2) is 93.4 Å². The zero-order valence-corrected chi connectivity index (χ0v) is 18.4. The van der Waals surface area contributed by atoms with Crippen LogP contribution >= 0.6 is 0 Å². The summed E-state index contributed by atoms with van der Waals surface area (Å²) >= 11 is 0. The number of guanidine groups is 1. The van der Waals surface area contributed by atoms with E-state index in [0.717, 1.165) is 17.7 Å². The molecule has 2 N–H and O–H groups in total. The molecule has 0 bridgehead atoms. The molecule has 3 rings (SSSR count). The van der Waals surface area contributed by atoms with Gasteiger partial charge in [0, 0.05) is 48.4 Å². The first-order valence-electron chi connectivity index (χ1n) is 10.1. The van der Waals surface area contributed by atoms with Gasteiger partial charge in [0.25, 0.3) is 0 Å². The van der Waals surface area contributed by atoms with Gasteiger partial charge in [0.2, 0.25) is 5.96 Å². The highest BCUT2D eigenvalue weighted by atomic mass is 16.1. The fourth-order valence-corrected chi connectivity index (χ4v) is 3.44. The first-order chi connectivity index (χ1) is 14.9. The maximum absolute atomic E-state index is 13.5. The highest BCUT2D eigenvalue weighted by Crippen LogP contribution is 2.34. The van der Waals surface area contributed by atoms with Crippen LogP contribution in [0.2, 0.25) is 0 Å². The van der Waals surface area contributed by atoms with Crippen molar-refractivity contribution in [2.75, 3.05) is 14.1 Å². The number of allylic oxidation sites excluding steroid dienone is 8. The summed E-state index contributed by atoms with van der Waals surface area (Å²) in [7, 11) is 3.72. The molecule has 0 aromatic heterocycles. The Balaban J connectivity index is 2.20. The fraction of sp³-hybridized carbons (Fsp3) is 0.200. The van der Waals surface area contributed by atoms with Crippen LogP contribution in [0.3, 0.4) is 0 Å². The van der Waals surface area contributed by atoms with E-state index in [-0.39, 0.29) is 5.78 Å². The molecule has 0 fully saturated rings. The Morgan fingerprint density at radius 3 is 2.55 bits per heavy atom. The molecule has 1 aliphatic heterocycles. The van der Waals surface area contributed by atoms with Gasteiger partial charge in [-0.1, -0.05) is 49.9 Å². The minimum atomic E-state index is -0.161. The molecule has 158 valence electrons. The van der Waals surface area contributed by atoms with Crippen molar-refractivity contribution in [2.24, 2.45) is 9.98 Å². The van der Waals surface area contributed by atoms with Crippen molar-refractivity contribution in [3.63, 3.8) is 0 Å². The van der Waals surface area contributed by atoms with Crippen molar-refractivity contribution in [1.29, 1.82) is 5.41 Å². The van der Waals surface area contributed by atoms with Gasteiger partial charge in [-0.05, 0) is 25.5 Å². The van der Waals surface area contributed by atoms with E-state index in [2.05, 4.69) is 28.8 Å². The second-order valence-electron chi connectivity index (χ2n) is 7.34. The number of hydrogen-bond acceptors (Lipinski definition) is 6. The smallest absolute Gasteiger partial charge is 0.226 e. The Labute approximate surface area is 183 Å². The minimum absolute atomic E-state index is 0.161. The number of carbonyl (C=O) groups excluding carboxylic acids is 1. The van der Waals surface area contributed by atoms with Gasteiger partial charge in [-0.15, -0.1) is 0 Å². The van der Waals surface area contributed by atoms with Crippen LogP contribution in [0.4, 0.5) is 0 Å². The normalized spacial score (nSPS) is 16.4. The Morgan fingerprint density at radius 1 is 1.23 bits per heavy atom. The Bertz CT molecular complexity index is 1130. The molecule has 0 unspecified atom stereocenters. The molecule has 1 aliphatic carbocycles. The van der Waals surface area contributed by atoms with Crippen molar-refractivity contribution in [3.8, 4) is 0 Å². The molecule has 1 aromatic carbocycles. The van der Waals surface area contributed by atoms with Crippen molar-refractivity contribution < 1.29 is 4.79 Å². The topological polar surface area (TPSA) is 80.9 Å². The third-order valence-electron chi connectivity index (χ3n) is 4.92. The lowest BCUT2D eigenvalue weighted by Gasteiger charge is -2.21. The molecular formula is C25H27N5O. The average Bonchev–Trinajstić information content (AvgIpc) is 3.20. The minimum Gasteiger partial charge on any atom is -0.359 e. The number of hydrogen-bond donors (Lipinski definition) is 2. The number of benzene rings is 1. The number of rotatable bonds is 7. The molecule has 6 nitrogen and oxygen atoms in total. The summed E-state index contributed by atoms with van der Waals surface area (Å²) in [6.07, 6.45) is 9.61. The maximum atomic E-state index is 13.5. The summed E-state index contributed by atoms with van der Waals surface area (Å²) < 4.78 is 0. The standard InChI is InChI=1S/C25H27N5O/c1-6-8-12-17(11-7-2)27-16(3)20(15-26)21-23-22(28-25(29-23)30(4)5)18-13-9-10-14-19(18)24(21)31/h7-15,26-27H,2,6H2,1,3-5H3/b12-8-,17-11+,20-16+,26-15?. The lowest BCUT2D eigenvalue weighted by molar-refractivity contribution is 0.103. The Kier molecular flexibility index (Phi) is 6.60. The third kappa shape index (κ3) is 4.23. The summed E-state index contributed by atoms with van der Waals surface area (Å²) in [5.41, 5.74) is 4.85. The largest absolute Gasteiger partial charge is 0.359 e. The van der Waals surface area contributed by atoms with Gasteiger partial charge in [0.1, 0.15) is 11.4 Å². The fourth-order valence-electron chi connectivity index (χ4n) is 3.44. The Hall–Kier alpha value is -3.80. The molecule has 1 heterocycles. The predicted octanol–water partition coefficient (Wildman–Crippen LogP) is 4.41. The van der Waals surface area contributed by atoms with Crippen molar-refractivity contribution in [1.82, 2.24) is 10.2 Å². The van der Waals surface area contributed by atoms with Gasteiger partial charge in [-0.3, -0.25) is 4.79 Å². The molecule has 31 heavy (non-hydrogen) atoms. The van der Waals surface area contributed by atoms with E-state index in [4.69, 9.17) is 5.41 Å². The number of Topliss-reactive ketones (excluding diaryl/α,β-unsaturated/α-hetero) is 1. The van der Waals surface area contributed by atoms with Crippen molar-refractivity contribution in [3.05, 3.63) is 94.5 Å². The molecule has 2 aliphatic rings. The molecule has 6 heteroatoms. The average molecular weight is 414 g/mol. The molecule has 0 saturated heterocycles. The van der Waals surface area contributed by atoms with Crippen LogP contribution in [-0.4, -0.2) is 42.7 Å². The van der Waals surface area contributed by atoms with E-state index >= 15 is 0 Å².